The van der Waals surface area contributed by atoms with Gasteiger partial charge < -0.3 is 9.05 Å². The Hall–Kier alpha value is -0.143. The van der Waals surface area contributed by atoms with Crippen LogP contribution in [0.1, 0.15) is 13.8 Å². The molecule has 0 aliphatic rings. The first-order chi connectivity index (χ1) is 7.25. The summed E-state index contributed by atoms with van der Waals surface area (Å²) < 4.78 is 35.4. The number of halogens is 1. The Bertz CT molecular complexity index is 306. The smallest absolute Gasteiger partial charge is 0.306 e. The highest BCUT2D eigenvalue weighted by molar-refractivity contribution is 7.54. The molecule has 0 aromatic carbocycles. The molecule has 0 aromatic rings. The van der Waals surface area contributed by atoms with Gasteiger partial charge in [-0.15, -0.1) is 5.54 Å². The number of hydrogen-bond acceptors (Lipinski definition) is 3. The van der Waals surface area contributed by atoms with Crippen LogP contribution in [0.5, 0.6) is 0 Å². The van der Waals surface area contributed by atoms with Crippen molar-refractivity contribution < 1.29 is 18.0 Å². The predicted octanol–water partition coefficient (Wildman–Crippen LogP) is 3.43. The van der Waals surface area contributed by atoms with Crippen molar-refractivity contribution in [3.63, 3.8) is 0 Å². The average molecular weight is 266 g/mol. The first-order valence-corrected chi connectivity index (χ1v) is 10.4. The average Bonchev–Trinajstić information content (AvgIpc) is 2.13. The summed E-state index contributed by atoms with van der Waals surface area (Å²) in [7, 11) is -5.39. The number of hydrogen-bond donors (Lipinski definition) is 0. The normalized spacial score (nSPS) is 14.1. The summed E-state index contributed by atoms with van der Waals surface area (Å²) in [4.78, 5) is 0. The van der Waals surface area contributed by atoms with E-state index >= 15 is 0 Å². The third-order valence-corrected chi connectivity index (χ3v) is 4.28. The summed E-state index contributed by atoms with van der Waals surface area (Å²) in [6.07, 6.45) is 0. The molecule has 0 rings (SSSR count). The van der Waals surface area contributed by atoms with E-state index in [4.69, 9.17) is 9.05 Å². The maximum Gasteiger partial charge on any atom is 0.376 e. The van der Waals surface area contributed by atoms with Gasteiger partial charge in [-0.25, -0.2) is 4.39 Å². The van der Waals surface area contributed by atoms with Gasteiger partial charge in [0.05, 0.1) is 13.2 Å². The zero-order valence-electron chi connectivity index (χ0n) is 10.5. The Balaban J connectivity index is 4.80. The summed E-state index contributed by atoms with van der Waals surface area (Å²) in [5.74, 6) is 0.517. The Morgan fingerprint density at radius 3 is 2.00 bits per heavy atom. The van der Waals surface area contributed by atoms with Crippen LogP contribution in [-0.4, -0.2) is 27.2 Å². The summed E-state index contributed by atoms with van der Waals surface area (Å²) in [5, 5.41) is 0. The third-order valence-electron chi connectivity index (χ3n) is 1.46. The van der Waals surface area contributed by atoms with Crippen LogP contribution in [0.3, 0.4) is 0 Å². The van der Waals surface area contributed by atoms with Crippen molar-refractivity contribution >= 4 is 15.7 Å². The quantitative estimate of drug-likeness (QED) is 0.434. The van der Waals surface area contributed by atoms with Gasteiger partial charge >= 0.3 is 7.60 Å². The van der Waals surface area contributed by atoms with Crippen LogP contribution in [0.25, 0.3) is 0 Å². The van der Waals surface area contributed by atoms with Gasteiger partial charge in [-0.05, 0) is 13.8 Å². The van der Waals surface area contributed by atoms with E-state index < -0.39 is 21.6 Å². The summed E-state index contributed by atoms with van der Waals surface area (Å²) in [6.45, 7) is 9.53. The summed E-state index contributed by atoms with van der Waals surface area (Å²) in [6, 6.07) is 0. The zero-order chi connectivity index (χ0) is 12.8. The SMILES string of the molecule is CCOP(=O)(OCC)C(F)C#C[Si](C)(C)C. The largest absolute Gasteiger partial charge is 0.376 e. The highest BCUT2D eigenvalue weighted by Gasteiger charge is 2.34. The summed E-state index contributed by atoms with van der Waals surface area (Å²) in [5.41, 5.74) is 2.83. The molecule has 0 amide bonds. The lowest BCUT2D eigenvalue weighted by atomic mass is 10.8. The highest BCUT2D eigenvalue weighted by atomic mass is 31.2. The Labute approximate surface area is 98.3 Å². The van der Waals surface area contributed by atoms with E-state index in [-0.39, 0.29) is 13.2 Å². The number of alkyl halides is 1. The molecule has 1 unspecified atom stereocenters. The minimum Gasteiger partial charge on any atom is -0.306 e. The molecular weight excluding hydrogens is 246 g/mol. The minimum absolute atomic E-state index is 0.145. The molecule has 3 nitrogen and oxygen atoms in total. The first kappa shape index (κ1) is 15.9. The van der Waals surface area contributed by atoms with Crippen molar-refractivity contribution in [2.45, 2.75) is 39.4 Å². The fourth-order valence-electron chi connectivity index (χ4n) is 0.883. The van der Waals surface area contributed by atoms with Gasteiger partial charge in [0.2, 0.25) is 0 Å². The number of rotatable bonds is 5. The highest BCUT2D eigenvalue weighted by Crippen LogP contribution is 2.53. The van der Waals surface area contributed by atoms with Crippen molar-refractivity contribution in [2.75, 3.05) is 13.2 Å². The molecule has 0 aliphatic carbocycles. The molecule has 0 saturated heterocycles. The molecule has 0 bridgehead atoms. The van der Waals surface area contributed by atoms with E-state index in [9.17, 15) is 8.96 Å². The van der Waals surface area contributed by atoms with Gasteiger partial charge in [-0.2, -0.15) is 0 Å². The lowest BCUT2D eigenvalue weighted by Gasteiger charge is -2.17. The van der Waals surface area contributed by atoms with Crippen LogP contribution in [0, 0.1) is 11.5 Å². The molecule has 0 spiro atoms. The lowest BCUT2D eigenvalue weighted by Crippen LogP contribution is -2.17. The molecular formula is C10H20FO3PSi. The Kier molecular flexibility index (Phi) is 6.50. The topological polar surface area (TPSA) is 35.5 Å². The van der Waals surface area contributed by atoms with Gasteiger partial charge in [-0.1, -0.05) is 25.6 Å². The fraction of sp³-hybridized carbons (Fsp3) is 0.800. The van der Waals surface area contributed by atoms with Gasteiger partial charge in [-0.3, -0.25) is 4.57 Å². The van der Waals surface area contributed by atoms with E-state index in [0.717, 1.165) is 0 Å². The zero-order valence-corrected chi connectivity index (χ0v) is 12.4. The van der Waals surface area contributed by atoms with E-state index in [1.54, 1.807) is 13.8 Å². The van der Waals surface area contributed by atoms with Crippen molar-refractivity contribution in [1.29, 1.82) is 0 Å². The van der Waals surface area contributed by atoms with E-state index in [2.05, 4.69) is 11.5 Å². The Morgan fingerprint density at radius 2 is 1.69 bits per heavy atom. The third kappa shape index (κ3) is 5.81. The monoisotopic (exact) mass is 266 g/mol. The van der Waals surface area contributed by atoms with Crippen molar-refractivity contribution in [1.82, 2.24) is 0 Å². The van der Waals surface area contributed by atoms with Gasteiger partial charge in [0.1, 0.15) is 8.07 Å². The molecule has 6 heteroatoms. The molecule has 1 atom stereocenters. The van der Waals surface area contributed by atoms with Crippen LogP contribution >= 0.6 is 7.60 Å². The van der Waals surface area contributed by atoms with Gasteiger partial charge in [0, 0.05) is 0 Å². The molecule has 16 heavy (non-hydrogen) atoms. The van der Waals surface area contributed by atoms with E-state index in [1.807, 2.05) is 19.6 Å². The second-order valence-corrected chi connectivity index (χ2v) is 11.0. The Morgan fingerprint density at radius 1 is 1.25 bits per heavy atom. The van der Waals surface area contributed by atoms with Gasteiger partial charge in [0.15, 0.2) is 0 Å². The maximum absolute atomic E-state index is 13.7. The molecule has 0 fully saturated rings. The molecule has 0 heterocycles. The van der Waals surface area contributed by atoms with Crippen LogP contribution in [0.4, 0.5) is 4.39 Å². The molecule has 0 aromatic heterocycles. The fourth-order valence-corrected chi connectivity index (χ4v) is 2.84. The molecule has 0 saturated carbocycles. The van der Waals surface area contributed by atoms with Crippen LogP contribution in [0.2, 0.25) is 19.6 Å². The second kappa shape index (κ2) is 6.56. The van der Waals surface area contributed by atoms with E-state index in [1.165, 1.54) is 0 Å². The molecule has 0 radical (unpaired) electrons. The lowest BCUT2D eigenvalue weighted by molar-refractivity contribution is 0.200. The van der Waals surface area contributed by atoms with Crippen molar-refractivity contribution in [3.8, 4) is 11.5 Å². The first-order valence-electron chi connectivity index (χ1n) is 5.30. The molecule has 94 valence electrons. The van der Waals surface area contributed by atoms with Gasteiger partial charge in [0.25, 0.3) is 5.91 Å². The maximum atomic E-state index is 13.7. The predicted molar refractivity (Wildman–Crippen MR) is 66.9 cm³/mol. The minimum atomic E-state index is -3.71. The molecule has 0 N–H and O–H groups in total. The summed E-state index contributed by atoms with van der Waals surface area (Å²) >= 11 is 0. The van der Waals surface area contributed by atoms with Crippen LogP contribution < -0.4 is 0 Å². The molecule has 0 aliphatic heterocycles. The van der Waals surface area contributed by atoms with Crippen LogP contribution in [-0.2, 0) is 13.6 Å². The van der Waals surface area contributed by atoms with Crippen molar-refractivity contribution in [2.24, 2.45) is 0 Å². The van der Waals surface area contributed by atoms with Crippen LogP contribution in [0.15, 0.2) is 0 Å². The van der Waals surface area contributed by atoms with E-state index in [0.29, 0.717) is 0 Å². The standard InChI is InChI=1S/C10H20FO3PSi/c1-6-13-15(12,14-7-2)10(11)8-9-16(3,4)5/h10H,6-7H2,1-5H3. The second-order valence-electron chi connectivity index (χ2n) is 4.23. The van der Waals surface area contributed by atoms with Crippen molar-refractivity contribution in [3.05, 3.63) is 0 Å².